The summed E-state index contributed by atoms with van der Waals surface area (Å²) in [5.41, 5.74) is 6.99. The third kappa shape index (κ3) is 3.22. The normalized spacial score (nSPS) is 12.9. The summed E-state index contributed by atoms with van der Waals surface area (Å²) in [5, 5.41) is 0. The Morgan fingerprint density at radius 2 is 2.06 bits per heavy atom. The molecular weight excluding hydrogens is 266 g/mol. The summed E-state index contributed by atoms with van der Waals surface area (Å²) < 4.78 is 6.24. The van der Waals surface area contributed by atoms with Gasteiger partial charge >= 0.3 is 0 Å². The van der Waals surface area contributed by atoms with E-state index in [0.717, 1.165) is 23.2 Å². The highest BCUT2D eigenvalue weighted by Crippen LogP contribution is 2.33. The number of hydrogen-bond acceptors (Lipinski definition) is 2. The molecule has 3 heteroatoms. The number of rotatable bonds is 5. The molecule has 0 aliphatic carbocycles. The van der Waals surface area contributed by atoms with E-state index in [4.69, 9.17) is 10.5 Å². The molecule has 0 aromatic heterocycles. The van der Waals surface area contributed by atoms with Crippen molar-refractivity contribution in [3.05, 3.63) is 28.2 Å². The summed E-state index contributed by atoms with van der Waals surface area (Å²) in [6, 6.07) is 6.27. The monoisotopic (exact) mass is 285 g/mol. The third-order valence-electron chi connectivity index (χ3n) is 2.89. The molecule has 0 amide bonds. The van der Waals surface area contributed by atoms with Gasteiger partial charge in [-0.2, -0.15) is 0 Å². The second kappa shape index (κ2) is 6.26. The molecule has 90 valence electrons. The molecule has 0 saturated carbocycles. The van der Waals surface area contributed by atoms with Gasteiger partial charge in [-0.15, -0.1) is 0 Å². The SMILES string of the molecule is COc1ccc(C(CCN)C(C)C)cc1Br. The van der Waals surface area contributed by atoms with Gasteiger partial charge in [-0.25, -0.2) is 0 Å². The number of halogens is 1. The van der Waals surface area contributed by atoms with E-state index in [2.05, 4.69) is 41.9 Å². The second-order valence-corrected chi connectivity index (χ2v) is 5.18. The first kappa shape index (κ1) is 13.5. The van der Waals surface area contributed by atoms with E-state index in [1.807, 2.05) is 6.07 Å². The molecule has 1 unspecified atom stereocenters. The van der Waals surface area contributed by atoms with Gasteiger partial charge in [0.2, 0.25) is 0 Å². The summed E-state index contributed by atoms with van der Waals surface area (Å²) in [6.45, 7) is 5.20. The Balaban J connectivity index is 2.97. The van der Waals surface area contributed by atoms with Crippen molar-refractivity contribution < 1.29 is 4.74 Å². The zero-order valence-corrected chi connectivity index (χ0v) is 11.8. The van der Waals surface area contributed by atoms with Crippen molar-refractivity contribution in [1.29, 1.82) is 0 Å². The molecule has 1 rings (SSSR count). The molecule has 0 spiro atoms. The number of nitrogens with two attached hydrogens (primary N) is 1. The first-order valence-corrected chi connectivity index (χ1v) is 6.43. The van der Waals surface area contributed by atoms with Crippen LogP contribution in [0.5, 0.6) is 5.75 Å². The van der Waals surface area contributed by atoms with Gasteiger partial charge in [0.15, 0.2) is 0 Å². The summed E-state index contributed by atoms with van der Waals surface area (Å²) >= 11 is 3.52. The lowest BCUT2D eigenvalue weighted by molar-refractivity contribution is 0.411. The van der Waals surface area contributed by atoms with E-state index >= 15 is 0 Å². The molecule has 0 heterocycles. The van der Waals surface area contributed by atoms with Gasteiger partial charge < -0.3 is 10.5 Å². The van der Waals surface area contributed by atoms with Crippen molar-refractivity contribution in [2.75, 3.05) is 13.7 Å². The van der Waals surface area contributed by atoms with E-state index in [0.29, 0.717) is 11.8 Å². The van der Waals surface area contributed by atoms with Crippen molar-refractivity contribution in [3.8, 4) is 5.75 Å². The fourth-order valence-corrected chi connectivity index (χ4v) is 2.54. The van der Waals surface area contributed by atoms with Crippen molar-refractivity contribution in [2.24, 2.45) is 11.7 Å². The maximum absolute atomic E-state index is 5.66. The van der Waals surface area contributed by atoms with Crippen LogP contribution in [0.15, 0.2) is 22.7 Å². The smallest absolute Gasteiger partial charge is 0.133 e. The summed E-state index contributed by atoms with van der Waals surface area (Å²) in [7, 11) is 1.68. The van der Waals surface area contributed by atoms with Crippen LogP contribution < -0.4 is 10.5 Å². The lowest BCUT2D eigenvalue weighted by Crippen LogP contribution is -2.12. The highest BCUT2D eigenvalue weighted by molar-refractivity contribution is 9.10. The highest BCUT2D eigenvalue weighted by Gasteiger charge is 2.16. The summed E-state index contributed by atoms with van der Waals surface area (Å²) in [5.74, 6) is 2.00. The van der Waals surface area contributed by atoms with Crippen LogP contribution in [0.3, 0.4) is 0 Å². The quantitative estimate of drug-likeness (QED) is 0.898. The van der Waals surface area contributed by atoms with Crippen LogP contribution in [0.25, 0.3) is 0 Å². The van der Waals surface area contributed by atoms with Gasteiger partial charge in [-0.3, -0.25) is 0 Å². The molecule has 0 aliphatic heterocycles. The molecule has 1 aromatic carbocycles. The molecule has 2 N–H and O–H groups in total. The molecule has 1 aromatic rings. The maximum atomic E-state index is 5.66. The van der Waals surface area contributed by atoms with Gasteiger partial charge in [0, 0.05) is 0 Å². The average Bonchev–Trinajstić information content (AvgIpc) is 2.25. The fraction of sp³-hybridized carbons (Fsp3) is 0.538. The minimum absolute atomic E-state index is 0.521. The zero-order valence-electron chi connectivity index (χ0n) is 10.2. The number of hydrogen-bond donors (Lipinski definition) is 1. The van der Waals surface area contributed by atoms with Crippen LogP contribution in [-0.4, -0.2) is 13.7 Å². The van der Waals surface area contributed by atoms with Gasteiger partial charge in [0.1, 0.15) is 5.75 Å². The Labute approximate surface area is 106 Å². The van der Waals surface area contributed by atoms with E-state index in [-0.39, 0.29) is 0 Å². The van der Waals surface area contributed by atoms with Gasteiger partial charge in [0.05, 0.1) is 11.6 Å². The van der Waals surface area contributed by atoms with Crippen LogP contribution in [0, 0.1) is 5.92 Å². The Bertz CT molecular complexity index is 339. The fourth-order valence-electron chi connectivity index (χ4n) is 1.98. The van der Waals surface area contributed by atoms with Crippen molar-refractivity contribution in [2.45, 2.75) is 26.2 Å². The molecule has 0 bridgehead atoms. The standard InChI is InChI=1S/C13H20BrNO/c1-9(2)11(6-7-15)10-4-5-13(16-3)12(14)8-10/h4-5,8-9,11H,6-7,15H2,1-3H3. The Morgan fingerprint density at radius 1 is 1.38 bits per heavy atom. The van der Waals surface area contributed by atoms with Gasteiger partial charge in [0.25, 0.3) is 0 Å². The predicted octanol–water partition coefficient (Wildman–Crippen LogP) is 3.55. The number of ether oxygens (including phenoxy) is 1. The highest BCUT2D eigenvalue weighted by atomic mass is 79.9. The molecule has 0 fully saturated rings. The molecule has 16 heavy (non-hydrogen) atoms. The minimum Gasteiger partial charge on any atom is -0.496 e. The Kier molecular flexibility index (Phi) is 5.29. The van der Waals surface area contributed by atoms with Crippen molar-refractivity contribution in [1.82, 2.24) is 0 Å². The molecular formula is C13H20BrNO. The van der Waals surface area contributed by atoms with Gasteiger partial charge in [-0.05, 0) is 58.4 Å². The molecule has 0 aliphatic rings. The van der Waals surface area contributed by atoms with Crippen LogP contribution in [0.4, 0.5) is 0 Å². The second-order valence-electron chi connectivity index (χ2n) is 4.32. The Hall–Kier alpha value is -0.540. The first-order valence-electron chi connectivity index (χ1n) is 5.63. The summed E-state index contributed by atoms with van der Waals surface area (Å²) in [6.07, 6.45) is 1.02. The van der Waals surface area contributed by atoms with Crippen LogP contribution in [0.2, 0.25) is 0 Å². The topological polar surface area (TPSA) is 35.2 Å². The van der Waals surface area contributed by atoms with E-state index < -0.39 is 0 Å². The third-order valence-corrected chi connectivity index (χ3v) is 3.51. The van der Waals surface area contributed by atoms with Gasteiger partial charge in [-0.1, -0.05) is 19.9 Å². The van der Waals surface area contributed by atoms with E-state index in [9.17, 15) is 0 Å². The number of benzene rings is 1. The van der Waals surface area contributed by atoms with Crippen molar-refractivity contribution in [3.63, 3.8) is 0 Å². The predicted molar refractivity (Wildman–Crippen MR) is 71.9 cm³/mol. The maximum Gasteiger partial charge on any atom is 0.133 e. The average molecular weight is 286 g/mol. The molecule has 0 radical (unpaired) electrons. The zero-order chi connectivity index (χ0) is 12.1. The molecule has 1 atom stereocenters. The lowest BCUT2D eigenvalue weighted by atomic mass is 9.86. The van der Waals surface area contributed by atoms with E-state index in [1.165, 1.54) is 5.56 Å². The minimum atomic E-state index is 0.521. The molecule has 0 saturated heterocycles. The molecule has 2 nitrogen and oxygen atoms in total. The first-order chi connectivity index (χ1) is 7.60. The lowest BCUT2D eigenvalue weighted by Gasteiger charge is -2.21. The van der Waals surface area contributed by atoms with E-state index in [1.54, 1.807) is 7.11 Å². The largest absolute Gasteiger partial charge is 0.496 e. The number of methoxy groups -OCH3 is 1. The van der Waals surface area contributed by atoms with Crippen molar-refractivity contribution >= 4 is 15.9 Å². The summed E-state index contributed by atoms with van der Waals surface area (Å²) in [4.78, 5) is 0. The van der Waals surface area contributed by atoms with Crippen LogP contribution in [0.1, 0.15) is 31.7 Å². The van der Waals surface area contributed by atoms with Crippen LogP contribution in [-0.2, 0) is 0 Å². The Morgan fingerprint density at radius 3 is 2.50 bits per heavy atom. The van der Waals surface area contributed by atoms with Crippen LogP contribution >= 0.6 is 15.9 Å².